The number of anilines is 1. The monoisotopic (exact) mass is 486 g/mol. The first-order valence-electron chi connectivity index (χ1n) is 11.4. The van der Waals surface area contributed by atoms with Gasteiger partial charge in [-0.15, -0.1) is 11.8 Å². The molecule has 0 unspecified atom stereocenters. The largest absolute Gasteiger partial charge is 0.324 e. The summed E-state index contributed by atoms with van der Waals surface area (Å²) in [6, 6.07) is 15.7. The molecule has 2 aromatic carbocycles. The number of thioether (sulfide) groups is 1. The van der Waals surface area contributed by atoms with Crippen molar-refractivity contribution in [2.75, 3.05) is 16.9 Å². The molecule has 3 aromatic rings. The molecule has 4 atom stereocenters. The Morgan fingerprint density at radius 3 is 2.74 bits per heavy atom. The van der Waals surface area contributed by atoms with E-state index < -0.39 is 16.4 Å². The predicted octanol–water partition coefficient (Wildman–Crippen LogP) is 4.12. The normalized spacial score (nSPS) is 27.0. The molecule has 1 amide bonds. The summed E-state index contributed by atoms with van der Waals surface area (Å²) in [6.07, 6.45) is 3.16. The van der Waals surface area contributed by atoms with E-state index in [9.17, 15) is 19.7 Å². The summed E-state index contributed by atoms with van der Waals surface area (Å²) < 4.78 is 0. The van der Waals surface area contributed by atoms with Gasteiger partial charge >= 0.3 is 0 Å². The summed E-state index contributed by atoms with van der Waals surface area (Å²) in [4.78, 5) is 45.4. The van der Waals surface area contributed by atoms with Crippen molar-refractivity contribution in [2.24, 2.45) is 5.92 Å². The van der Waals surface area contributed by atoms with Crippen LogP contribution in [0.25, 0.3) is 0 Å². The van der Waals surface area contributed by atoms with Crippen LogP contribution in [0.1, 0.15) is 33.0 Å². The number of nitro benzene ring substituents is 1. The predicted molar refractivity (Wildman–Crippen MR) is 132 cm³/mol. The lowest BCUT2D eigenvalue weighted by Crippen LogP contribution is -2.52. The number of nitrogens with zero attached hydrogens (tertiary/aromatic N) is 3. The van der Waals surface area contributed by atoms with Gasteiger partial charge in [0.25, 0.3) is 5.69 Å². The van der Waals surface area contributed by atoms with Crippen molar-refractivity contribution in [2.45, 2.75) is 24.4 Å². The number of aryl methyl sites for hydroxylation is 1. The Balaban J connectivity index is 1.60. The van der Waals surface area contributed by atoms with Crippen LogP contribution in [0.15, 0.2) is 67.0 Å². The van der Waals surface area contributed by atoms with Gasteiger partial charge in [0.15, 0.2) is 5.78 Å². The minimum Gasteiger partial charge on any atom is -0.324 e. The van der Waals surface area contributed by atoms with Gasteiger partial charge in [-0.1, -0.05) is 29.8 Å². The molecule has 2 fully saturated rings. The molecular formula is C26H22N4O4S. The van der Waals surface area contributed by atoms with Crippen molar-refractivity contribution < 1.29 is 14.5 Å². The number of carbonyl (C=O) groups is 2. The number of nitro groups is 1. The zero-order chi connectivity index (χ0) is 24.3. The molecule has 0 bridgehead atoms. The molecule has 3 aliphatic rings. The van der Waals surface area contributed by atoms with Crippen LogP contribution in [0.5, 0.6) is 0 Å². The van der Waals surface area contributed by atoms with Gasteiger partial charge in [0.2, 0.25) is 5.91 Å². The van der Waals surface area contributed by atoms with Gasteiger partial charge < -0.3 is 5.32 Å². The van der Waals surface area contributed by atoms with Crippen LogP contribution in [-0.4, -0.2) is 44.2 Å². The van der Waals surface area contributed by atoms with Gasteiger partial charge in [-0.3, -0.25) is 29.6 Å². The molecule has 6 rings (SSSR count). The quantitative estimate of drug-likeness (QED) is 0.336. The van der Waals surface area contributed by atoms with Crippen molar-refractivity contribution in [3.05, 3.63) is 99.4 Å². The molecule has 9 heteroatoms. The Morgan fingerprint density at radius 1 is 1.23 bits per heavy atom. The number of carbonyl (C=O) groups excluding carboxylic acids is 2. The number of amides is 1. The highest BCUT2D eigenvalue weighted by Gasteiger charge is 2.69. The average molecular weight is 487 g/mol. The van der Waals surface area contributed by atoms with Gasteiger partial charge in [0.1, 0.15) is 5.54 Å². The third-order valence-corrected chi connectivity index (χ3v) is 8.53. The van der Waals surface area contributed by atoms with Crippen LogP contribution in [0.3, 0.4) is 0 Å². The molecule has 1 spiro atoms. The van der Waals surface area contributed by atoms with E-state index in [2.05, 4.69) is 15.2 Å². The maximum atomic E-state index is 14.3. The molecule has 8 nitrogen and oxygen atoms in total. The molecule has 0 radical (unpaired) electrons. The number of non-ortho nitro benzene ring substituents is 1. The zero-order valence-electron chi connectivity index (χ0n) is 18.9. The lowest BCUT2D eigenvalue weighted by atomic mass is 9.69. The Morgan fingerprint density at radius 2 is 2.03 bits per heavy atom. The number of aromatic nitrogens is 1. The molecule has 0 aliphatic carbocycles. The van der Waals surface area contributed by atoms with E-state index in [0.29, 0.717) is 11.4 Å². The van der Waals surface area contributed by atoms with E-state index in [1.807, 2.05) is 25.1 Å². The van der Waals surface area contributed by atoms with E-state index in [1.54, 1.807) is 48.4 Å². The van der Waals surface area contributed by atoms with E-state index in [-0.39, 0.29) is 29.3 Å². The van der Waals surface area contributed by atoms with Crippen LogP contribution < -0.4 is 5.32 Å². The summed E-state index contributed by atoms with van der Waals surface area (Å²) >= 11 is 1.74. The summed E-state index contributed by atoms with van der Waals surface area (Å²) in [6.45, 7) is 1.98. The van der Waals surface area contributed by atoms with Crippen LogP contribution in [0, 0.1) is 23.0 Å². The van der Waals surface area contributed by atoms with Gasteiger partial charge in [0.05, 0.1) is 10.8 Å². The number of rotatable bonds is 4. The van der Waals surface area contributed by atoms with E-state index in [0.717, 1.165) is 28.1 Å². The molecule has 1 N–H and O–H groups in total. The molecule has 35 heavy (non-hydrogen) atoms. The first kappa shape index (κ1) is 21.9. The zero-order valence-corrected chi connectivity index (χ0v) is 19.7. The fourth-order valence-electron chi connectivity index (χ4n) is 6.07. The standard InChI is InChI=1S/C26H22N4O4S/c1-15-4-9-20-19(11-15)26(25(32)28-20)23(24(31)17-3-2-10-27-12-17)22(21-13-35-14-29(21)26)16-5-7-18(8-6-16)30(33)34/h2-12,21-23H,13-14H2,1H3,(H,28,32)/t21-,22-,23+,26-/m1/s1. The Bertz CT molecular complexity index is 1360. The minimum absolute atomic E-state index is 0.00571. The molecule has 4 heterocycles. The number of benzene rings is 2. The lowest BCUT2D eigenvalue weighted by molar-refractivity contribution is -0.384. The average Bonchev–Trinajstić information content (AvgIpc) is 3.53. The number of hydrogen-bond donors (Lipinski definition) is 1. The third-order valence-electron chi connectivity index (χ3n) is 7.49. The van der Waals surface area contributed by atoms with E-state index in [4.69, 9.17) is 0 Å². The van der Waals surface area contributed by atoms with Gasteiger partial charge in [-0.25, -0.2) is 0 Å². The third kappa shape index (κ3) is 3.08. The maximum absolute atomic E-state index is 14.3. The molecule has 3 aliphatic heterocycles. The molecule has 0 saturated carbocycles. The number of fused-ring (bicyclic) bond motifs is 4. The fraction of sp³-hybridized carbons (Fsp3) is 0.269. The molecule has 176 valence electrons. The van der Waals surface area contributed by atoms with Crippen molar-refractivity contribution >= 4 is 34.8 Å². The first-order chi connectivity index (χ1) is 16.9. The van der Waals surface area contributed by atoms with Crippen LogP contribution >= 0.6 is 11.8 Å². The summed E-state index contributed by atoms with van der Waals surface area (Å²) in [5.74, 6) is -0.0131. The Hall–Kier alpha value is -3.56. The van der Waals surface area contributed by atoms with E-state index in [1.165, 1.54) is 12.1 Å². The van der Waals surface area contributed by atoms with Gasteiger partial charge in [-0.2, -0.15) is 0 Å². The second-order valence-corrected chi connectivity index (χ2v) is 10.3. The second kappa shape index (κ2) is 8.00. The SMILES string of the molecule is Cc1ccc2c(c1)[C@]1(C(=O)N2)[C@H](C(=O)c2cccnc2)[C@H](c2ccc([N+](=O)[O-])cc2)[C@H]2CSCN21. The number of ketones is 1. The Kier molecular flexibility index (Phi) is 5.01. The number of hydrogen-bond acceptors (Lipinski definition) is 7. The van der Waals surface area contributed by atoms with Crippen molar-refractivity contribution in [1.82, 2.24) is 9.88 Å². The number of pyridine rings is 1. The Labute approximate surface area is 205 Å². The van der Waals surface area contributed by atoms with Crippen LogP contribution in [0.2, 0.25) is 0 Å². The van der Waals surface area contributed by atoms with E-state index >= 15 is 0 Å². The van der Waals surface area contributed by atoms with Gasteiger partial charge in [0, 0.05) is 64.9 Å². The summed E-state index contributed by atoms with van der Waals surface area (Å²) in [7, 11) is 0. The number of Topliss-reactive ketones (excluding diaryl/α,β-unsaturated/α-hetero) is 1. The van der Waals surface area contributed by atoms with Crippen molar-refractivity contribution in [1.29, 1.82) is 0 Å². The summed E-state index contributed by atoms with van der Waals surface area (Å²) in [5.41, 5.74) is 2.65. The topological polar surface area (TPSA) is 105 Å². The lowest BCUT2D eigenvalue weighted by Gasteiger charge is -2.36. The first-order valence-corrected chi connectivity index (χ1v) is 12.5. The molecular weight excluding hydrogens is 464 g/mol. The highest BCUT2D eigenvalue weighted by Crippen LogP contribution is 2.61. The molecule has 2 saturated heterocycles. The minimum atomic E-state index is -1.17. The number of nitrogens with one attached hydrogen (secondary N) is 1. The summed E-state index contributed by atoms with van der Waals surface area (Å²) in [5, 5.41) is 14.3. The van der Waals surface area contributed by atoms with Crippen LogP contribution in [-0.2, 0) is 10.3 Å². The highest BCUT2D eigenvalue weighted by atomic mass is 32.2. The second-order valence-electron chi connectivity index (χ2n) is 9.26. The smallest absolute Gasteiger partial charge is 0.269 e. The van der Waals surface area contributed by atoms with Gasteiger partial charge in [-0.05, 0) is 30.7 Å². The maximum Gasteiger partial charge on any atom is 0.269 e. The van der Waals surface area contributed by atoms with Crippen LogP contribution in [0.4, 0.5) is 11.4 Å². The fourth-order valence-corrected chi connectivity index (χ4v) is 7.40. The van der Waals surface area contributed by atoms with Crippen molar-refractivity contribution in [3.8, 4) is 0 Å². The van der Waals surface area contributed by atoms with Crippen molar-refractivity contribution in [3.63, 3.8) is 0 Å². The highest BCUT2D eigenvalue weighted by molar-refractivity contribution is 7.99. The molecule has 1 aromatic heterocycles.